The summed E-state index contributed by atoms with van der Waals surface area (Å²) in [7, 11) is 2.11. The number of hydrogen-bond donors (Lipinski definition) is 1. The second-order valence-corrected chi connectivity index (χ2v) is 4.61. The van der Waals surface area contributed by atoms with Crippen LogP contribution in [0.1, 0.15) is 21.9 Å². The van der Waals surface area contributed by atoms with E-state index in [1.807, 2.05) is 6.07 Å². The molecule has 0 saturated carbocycles. The van der Waals surface area contributed by atoms with Crippen LogP contribution >= 0.6 is 0 Å². The van der Waals surface area contributed by atoms with E-state index in [0.717, 1.165) is 31.9 Å². The maximum absolute atomic E-state index is 10.9. The van der Waals surface area contributed by atoms with Crippen LogP contribution in [0.15, 0.2) is 10.5 Å². The van der Waals surface area contributed by atoms with Crippen molar-refractivity contribution < 1.29 is 14.3 Å². The summed E-state index contributed by atoms with van der Waals surface area (Å²) in [6.07, 6.45) is 0. The van der Waals surface area contributed by atoms with Gasteiger partial charge in [0.2, 0.25) is 5.76 Å². The van der Waals surface area contributed by atoms with E-state index >= 15 is 0 Å². The number of carboxylic acid groups (broad SMARTS) is 1. The van der Waals surface area contributed by atoms with Crippen LogP contribution in [0.5, 0.6) is 0 Å². The highest BCUT2D eigenvalue weighted by atomic mass is 16.4. The normalized spacial score (nSPS) is 18.5. The maximum atomic E-state index is 10.9. The molecular weight excluding hydrogens is 220 g/mol. The number of carboxylic acids is 1. The summed E-state index contributed by atoms with van der Waals surface area (Å²) in [5.41, 5.74) is 0.696. The Hall–Kier alpha value is -1.33. The fourth-order valence-electron chi connectivity index (χ4n) is 2.06. The van der Waals surface area contributed by atoms with E-state index in [4.69, 9.17) is 9.52 Å². The summed E-state index contributed by atoms with van der Waals surface area (Å²) >= 11 is 0. The minimum atomic E-state index is -0.993. The summed E-state index contributed by atoms with van der Waals surface area (Å²) in [5.74, 6) is -0.189. The molecule has 1 aromatic heterocycles. The zero-order valence-electron chi connectivity index (χ0n) is 10.3. The molecule has 5 nitrogen and oxygen atoms in total. The largest absolute Gasteiger partial charge is 0.475 e. The molecule has 2 rings (SSSR count). The average molecular weight is 238 g/mol. The van der Waals surface area contributed by atoms with Gasteiger partial charge in [0.15, 0.2) is 0 Å². The molecule has 0 bridgehead atoms. The van der Waals surface area contributed by atoms with Crippen LogP contribution in [-0.4, -0.2) is 54.1 Å². The number of hydrogen-bond acceptors (Lipinski definition) is 4. The lowest BCUT2D eigenvalue weighted by molar-refractivity contribution is 0.0655. The summed E-state index contributed by atoms with van der Waals surface area (Å²) in [4.78, 5) is 15.4. The monoisotopic (exact) mass is 238 g/mol. The molecular formula is C12H18N2O3. The standard InChI is InChI=1S/C12H18N2O3/c1-9-7-10(17-11(9)12(15)16)8-14-5-3-13(2)4-6-14/h7H,3-6,8H2,1-2H3,(H,15,16). The van der Waals surface area contributed by atoms with E-state index < -0.39 is 5.97 Å². The zero-order valence-corrected chi connectivity index (χ0v) is 10.3. The summed E-state index contributed by atoms with van der Waals surface area (Å²) in [6, 6.07) is 1.82. The zero-order chi connectivity index (χ0) is 12.4. The topological polar surface area (TPSA) is 56.9 Å². The lowest BCUT2D eigenvalue weighted by Gasteiger charge is -2.31. The highest BCUT2D eigenvalue weighted by Gasteiger charge is 2.18. The van der Waals surface area contributed by atoms with Crippen LogP contribution in [0.25, 0.3) is 0 Å². The molecule has 1 saturated heterocycles. The Bertz CT molecular complexity index is 406. The van der Waals surface area contributed by atoms with Crippen LogP contribution in [0.4, 0.5) is 0 Å². The summed E-state index contributed by atoms with van der Waals surface area (Å²) in [6.45, 7) is 6.55. The molecule has 0 atom stereocenters. The Labute approximate surface area is 101 Å². The van der Waals surface area contributed by atoms with Crippen LogP contribution in [-0.2, 0) is 6.54 Å². The van der Waals surface area contributed by atoms with Gasteiger partial charge in [0.1, 0.15) is 5.76 Å². The number of likely N-dealkylation sites (N-methyl/N-ethyl adjacent to an activating group) is 1. The highest BCUT2D eigenvalue weighted by molar-refractivity contribution is 5.86. The first-order chi connectivity index (χ1) is 8.06. The molecule has 1 aromatic rings. The van der Waals surface area contributed by atoms with Crippen LogP contribution < -0.4 is 0 Å². The Kier molecular flexibility index (Phi) is 3.49. The number of aryl methyl sites for hydroxylation is 1. The molecule has 0 aliphatic carbocycles. The molecule has 0 aromatic carbocycles. The highest BCUT2D eigenvalue weighted by Crippen LogP contribution is 2.17. The Morgan fingerprint density at radius 3 is 2.59 bits per heavy atom. The third kappa shape index (κ3) is 2.87. The lowest BCUT2D eigenvalue weighted by atomic mass is 10.2. The van der Waals surface area contributed by atoms with Gasteiger partial charge in [-0.1, -0.05) is 0 Å². The SMILES string of the molecule is Cc1cc(CN2CCN(C)CC2)oc1C(=O)O. The minimum Gasteiger partial charge on any atom is -0.475 e. The van der Waals surface area contributed by atoms with E-state index in [1.165, 1.54) is 0 Å². The molecule has 94 valence electrons. The van der Waals surface area contributed by atoms with E-state index in [2.05, 4.69) is 16.8 Å². The van der Waals surface area contributed by atoms with Gasteiger partial charge >= 0.3 is 5.97 Å². The van der Waals surface area contributed by atoms with Gasteiger partial charge in [0, 0.05) is 31.7 Å². The first-order valence-corrected chi connectivity index (χ1v) is 5.80. The number of nitrogens with zero attached hydrogens (tertiary/aromatic N) is 2. The molecule has 0 radical (unpaired) electrons. The van der Waals surface area contributed by atoms with Crippen molar-refractivity contribution in [2.45, 2.75) is 13.5 Å². The van der Waals surface area contributed by atoms with Gasteiger partial charge in [0.25, 0.3) is 0 Å². The second kappa shape index (κ2) is 4.89. The third-order valence-electron chi connectivity index (χ3n) is 3.14. The Morgan fingerprint density at radius 2 is 2.06 bits per heavy atom. The fraction of sp³-hybridized carbons (Fsp3) is 0.583. The molecule has 5 heteroatoms. The van der Waals surface area contributed by atoms with E-state index in [1.54, 1.807) is 6.92 Å². The lowest BCUT2D eigenvalue weighted by Crippen LogP contribution is -2.43. The first-order valence-electron chi connectivity index (χ1n) is 5.80. The van der Waals surface area contributed by atoms with E-state index in [0.29, 0.717) is 12.1 Å². The number of furan rings is 1. The van der Waals surface area contributed by atoms with Gasteiger partial charge in [-0.25, -0.2) is 4.79 Å². The predicted molar refractivity (Wildman–Crippen MR) is 63.2 cm³/mol. The average Bonchev–Trinajstić information content (AvgIpc) is 2.63. The second-order valence-electron chi connectivity index (χ2n) is 4.61. The van der Waals surface area contributed by atoms with E-state index in [9.17, 15) is 4.79 Å². The molecule has 1 N–H and O–H groups in total. The van der Waals surface area contributed by atoms with Crippen LogP contribution in [0, 0.1) is 6.92 Å². The van der Waals surface area contributed by atoms with Gasteiger partial charge in [-0.15, -0.1) is 0 Å². The van der Waals surface area contributed by atoms with Crippen molar-refractivity contribution >= 4 is 5.97 Å². The number of piperazine rings is 1. The molecule has 0 spiro atoms. The van der Waals surface area contributed by atoms with E-state index in [-0.39, 0.29) is 5.76 Å². The predicted octanol–water partition coefficient (Wildman–Crippen LogP) is 1.03. The molecule has 17 heavy (non-hydrogen) atoms. The molecule has 1 aliphatic rings. The van der Waals surface area contributed by atoms with Crippen molar-refractivity contribution in [3.63, 3.8) is 0 Å². The van der Waals surface area contributed by atoms with Gasteiger partial charge < -0.3 is 14.4 Å². The fourth-order valence-corrected chi connectivity index (χ4v) is 2.06. The number of carbonyl (C=O) groups is 1. The van der Waals surface area contributed by atoms with Crippen molar-refractivity contribution in [1.82, 2.24) is 9.80 Å². The summed E-state index contributed by atoms with van der Waals surface area (Å²) in [5, 5.41) is 8.91. The van der Waals surface area contributed by atoms with Crippen molar-refractivity contribution in [3.8, 4) is 0 Å². The smallest absolute Gasteiger partial charge is 0.372 e. The third-order valence-corrected chi connectivity index (χ3v) is 3.14. The quantitative estimate of drug-likeness (QED) is 0.852. The van der Waals surface area contributed by atoms with Crippen molar-refractivity contribution in [1.29, 1.82) is 0 Å². The van der Waals surface area contributed by atoms with Crippen molar-refractivity contribution in [2.24, 2.45) is 0 Å². The number of aromatic carboxylic acids is 1. The Morgan fingerprint density at radius 1 is 1.41 bits per heavy atom. The minimum absolute atomic E-state index is 0.0640. The van der Waals surface area contributed by atoms with Gasteiger partial charge in [-0.3, -0.25) is 4.90 Å². The van der Waals surface area contributed by atoms with Crippen molar-refractivity contribution in [2.75, 3.05) is 33.2 Å². The molecule has 1 aliphatic heterocycles. The molecule has 2 heterocycles. The number of rotatable bonds is 3. The van der Waals surface area contributed by atoms with Crippen molar-refractivity contribution in [3.05, 3.63) is 23.2 Å². The molecule has 1 fully saturated rings. The summed E-state index contributed by atoms with van der Waals surface area (Å²) < 4.78 is 5.35. The first kappa shape index (κ1) is 12.1. The van der Waals surface area contributed by atoms with Gasteiger partial charge in [0.05, 0.1) is 6.54 Å². The molecule has 0 amide bonds. The molecule has 0 unspecified atom stereocenters. The maximum Gasteiger partial charge on any atom is 0.372 e. The van der Waals surface area contributed by atoms with Gasteiger partial charge in [-0.2, -0.15) is 0 Å². The van der Waals surface area contributed by atoms with Crippen LogP contribution in [0.2, 0.25) is 0 Å². The Balaban J connectivity index is 1.99. The van der Waals surface area contributed by atoms with Crippen LogP contribution in [0.3, 0.4) is 0 Å². The van der Waals surface area contributed by atoms with Gasteiger partial charge in [-0.05, 0) is 20.0 Å².